The lowest BCUT2D eigenvalue weighted by Gasteiger charge is -2.16. The van der Waals surface area contributed by atoms with Crippen molar-refractivity contribution in [2.24, 2.45) is 0 Å². The van der Waals surface area contributed by atoms with Gasteiger partial charge in [-0.2, -0.15) is 0 Å². The van der Waals surface area contributed by atoms with E-state index in [1.54, 1.807) is 24.4 Å². The minimum atomic E-state index is -0.322. The first kappa shape index (κ1) is 15.6. The lowest BCUT2D eigenvalue weighted by molar-refractivity contribution is 0.248. The maximum Gasteiger partial charge on any atom is 0.319 e. The Labute approximate surface area is 132 Å². The first-order valence-electron chi connectivity index (χ1n) is 6.45. The smallest absolute Gasteiger partial charge is 0.319 e. The number of hydrogen-bond acceptors (Lipinski definition) is 4. The van der Waals surface area contributed by atoms with Gasteiger partial charge in [0.15, 0.2) is 5.75 Å². The van der Waals surface area contributed by atoms with Crippen LogP contribution in [0.25, 0.3) is 0 Å². The van der Waals surface area contributed by atoms with Crippen molar-refractivity contribution in [1.29, 1.82) is 0 Å². The second-order valence-corrected chi connectivity index (χ2v) is 5.58. The minimum Gasteiger partial charge on any atom is -0.493 e. The highest BCUT2D eigenvalue weighted by Gasteiger charge is 2.16. The monoisotopic (exact) mass is 325 g/mol. The number of halogens is 1. The van der Waals surface area contributed by atoms with E-state index in [9.17, 15) is 4.79 Å². The molecule has 5 nitrogen and oxygen atoms in total. The van der Waals surface area contributed by atoms with Gasteiger partial charge in [-0.1, -0.05) is 24.6 Å². The Morgan fingerprint density at radius 3 is 2.95 bits per heavy atom. The van der Waals surface area contributed by atoms with Gasteiger partial charge in [0.25, 0.3) is 0 Å². The van der Waals surface area contributed by atoms with Crippen LogP contribution in [0.5, 0.6) is 5.75 Å². The zero-order valence-electron chi connectivity index (χ0n) is 11.7. The van der Waals surface area contributed by atoms with Crippen molar-refractivity contribution in [1.82, 2.24) is 10.3 Å². The standard InChI is InChI=1S/C14H16ClN3O2S/c1-3-10(13-16-7-8-21-13)17-14(19)18-11-6-4-5-9(15)12(11)20-2/h4-8,10H,3H2,1-2H3,(H2,17,18,19)/t10-/m1/s1. The number of urea groups is 1. The third-order valence-corrected chi connectivity index (χ3v) is 4.07. The SMILES string of the molecule is CC[C@@H](NC(=O)Nc1cccc(Cl)c1OC)c1nccs1. The molecule has 0 aliphatic heterocycles. The molecular weight excluding hydrogens is 310 g/mol. The number of carbonyl (C=O) groups excluding carboxylic acids is 1. The van der Waals surface area contributed by atoms with Crippen molar-refractivity contribution in [3.63, 3.8) is 0 Å². The number of para-hydroxylation sites is 1. The molecule has 2 amide bonds. The molecule has 1 atom stereocenters. The second kappa shape index (κ2) is 7.28. The van der Waals surface area contributed by atoms with Crippen LogP contribution in [-0.4, -0.2) is 18.1 Å². The van der Waals surface area contributed by atoms with Crippen LogP contribution in [0.15, 0.2) is 29.8 Å². The Balaban J connectivity index is 2.06. The summed E-state index contributed by atoms with van der Waals surface area (Å²) in [4.78, 5) is 16.3. The van der Waals surface area contributed by atoms with Crippen molar-refractivity contribution in [3.05, 3.63) is 39.8 Å². The summed E-state index contributed by atoms with van der Waals surface area (Å²) in [5.41, 5.74) is 0.525. The van der Waals surface area contributed by atoms with Crippen LogP contribution in [0.3, 0.4) is 0 Å². The van der Waals surface area contributed by atoms with Crippen molar-refractivity contribution < 1.29 is 9.53 Å². The Morgan fingerprint density at radius 1 is 1.52 bits per heavy atom. The van der Waals surface area contributed by atoms with Gasteiger partial charge in [-0.3, -0.25) is 0 Å². The van der Waals surface area contributed by atoms with Gasteiger partial charge in [0.05, 0.1) is 23.9 Å². The highest BCUT2D eigenvalue weighted by molar-refractivity contribution is 7.09. The number of nitrogens with zero attached hydrogens (tertiary/aromatic N) is 1. The molecule has 1 heterocycles. The number of carbonyl (C=O) groups is 1. The molecule has 0 unspecified atom stereocenters. The fraction of sp³-hybridized carbons (Fsp3) is 0.286. The van der Waals surface area contributed by atoms with E-state index in [0.717, 1.165) is 11.4 Å². The highest BCUT2D eigenvalue weighted by Crippen LogP contribution is 2.32. The maximum absolute atomic E-state index is 12.1. The van der Waals surface area contributed by atoms with Crippen LogP contribution in [0, 0.1) is 0 Å². The van der Waals surface area contributed by atoms with Gasteiger partial charge in [0.1, 0.15) is 5.01 Å². The summed E-state index contributed by atoms with van der Waals surface area (Å²) in [6.07, 6.45) is 2.48. The van der Waals surface area contributed by atoms with Gasteiger partial charge >= 0.3 is 6.03 Å². The lowest BCUT2D eigenvalue weighted by atomic mass is 10.2. The molecule has 2 rings (SSSR count). The number of rotatable bonds is 5. The van der Waals surface area contributed by atoms with Gasteiger partial charge < -0.3 is 15.4 Å². The number of thiazole rings is 1. The van der Waals surface area contributed by atoms with E-state index in [1.807, 2.05) is 12.3 Å². The van der Waals surface area contributed by atoms with Crippen molar-refractivity contribution >= 4 is 34.7 Å². The first-order chi connectivity index (χ1) is 10.2. The topological polar surface area (TPSA) is 63.2 Å². The molecule has 0 saturated heterocycles. The van der Waals surface area contributed by atoms with Gasteiger partial charge in [-0.25, -0.2) is 9.78 Å². The Morgan fingerprint density at radius 2 is 2.33 bits per heavy atom. The van der Waals surface area contributed by atoms with E-state index in [4.69, 9.17) is 16.3 Å². The first-order valence-corrected chi connectivity index (χ1v) is 7.70. The lowest BCUT2D eigenvalue weighted by Crippen LogP contribution is -2.32. The average molecular weight is 326 g/mol. The number of benzene rings is 1. The van der Waals surface area contributed by atoms with Crippen LogP contribution in [0.2, 0.25) is 5.02 Å². The zero-order chi connectivity index (χ0) is 15.2. The summed E-state index contributed by atoms with van der Waals surface area (Å²) >= 11 is 7.54. The molecule has 2 aromatic rings. The van der Waals surface area contributed by atoms with Gasteiger partial charge in [-0.05, 0) is 18.6 Å². The van der Waals surface area contributed by atoms with E-state index in [-0.39, 0.29) is 12.1 Å². The van der Waals surface area contributed by atoms with Gasteiger partial charge in [0.2, 0.25) is 0 Å². The van der Waals surface area contributed by atoms with Crippen LogP contribution in [0.1, 0.15) is 24.4 Å². The summed E-state index contributed by atoms with van der Waals surface area (Å²) in [5.74, 6) is 0.441. The number of anilines is 1. The molecule has 21 heavy (non-hydrogen) atoms. The van der Waals surface area contributed by atoms with Gasteiger partial charge in [-0.15, -0.1) is 11.3 Å². The fourth-order valence-corrected chi connectivity index (χ4v) is 2.90. The molecule has 1 aromatic heterocycles. The van der Waals surface area contributed by atoms with E-state index < -0.39 is 0 Å². The van der Waals surface area contributed by atoms with E-state index in [2.05, 4.69) is 15.6 Å². The molecule has 0 saturated carbocycles. The van der Waals surface area contributed by atoms with Crippen molar-refractivity contribution in [3.8, 4) is 5.75 Å². The number of aromatic nitrogens is 1. The Hall–Kier alpha value is -1.79. The molecule has 0 aliphatic carbocycles. The molecule has 0 radical (unpaired) electrons. The number of nitrogens with one attached hydrogen (secondary N) is 2. The predicted octanol–water partition coefficient (Wildman–Crippen LogP) is 4.08. The minimum absolute atomic E-state index is 0.116. The molecular formula is C14H16ClN3O2S. The molecule has 1 aromatic carbocycles. The summed E-state index contributed by atoms with van der Waals surface area (Å²) < 4.78 is 5.20. The highest BCUT2D eigenvalue weighted by atomic mass is 35.5. The van der Waals surface area contributed by atoms with Gasteiger partial charge in [0, 0.05) is 11.6 Å². The summed E-state index contributed by atoms with van der Waals surface area (Å²) in [6, 6.07) is 4.74. The van der Waals surface area contributed by atoms with Crippen molar-refractivity contribution in [2.45, 2.75) is 19.4 Å². The third kappa shape index (κ3) is 3.86. The quantitative estimate of drug-likeness (QED) is 0.870. The number of amides is 2. The molecule has 112 valence electrons. The summed E-state index contributed by atoms with van der Waals surface area (Å²) in [7, 11) is 1.51. The summed E-state index contributed by atoms with van der Waals surface area (Å²) in [6.45, 7) is 1.99. The number of methoxy groups -OCH3 is 1. The number of ether oxygens (including phenoxy) is 1. The van der Waals surface area contributed by atoms with Crippen LogP contribution >= 0.6 is 22.9 Å². The molecule has 0 spiro atoms. The number of hydrogen-bond donors (Lipinski definition) is 2. The Kier molecular flexibility index (Phi) is 5.41. The third-order valence-electron chi connectivity index (χ3n) is 2.88. The molecule has 0 bridgehead atoms. The van der Waals surface area contributed by atoms with Crippen molar-refractivity contribution in [2.75, 3.05) is 12.4 Å². The normalized spacial score (nSPS) is 11.8. The van der Waals surface area contributed by atoms with Crippen LogP contribution in [-0.2, 0) is 0 Å². The summed E-state index contributed by atoms with van der Waals surface area (Å²) in [5, 5.41) is 8.85. The molecule has 7 heteroatoms. The Bertz CT molecular complexity index is 604. The molecule has 2 N–H and O–H groups in total. The predicted molar refractivity (Wildman–Crippen MR) is 85.3 cm³/mol. The van der Waals surface area contributed by atoms with E-state index in [0.29, 0.717) is 16.5 Å². The molecule has 0 aliphatic rings. The average Bonchev–Trinajstić information content (AvgIpc) is 2.99. The van der Waals surface area contributed by atoms with E-state index in [1.165, 1.54) is 18.4 Å². The second-order valence-electron chi connectivity index (χ2n) is 4.25. The van der Waals surface area contributed by atoms with Crippen LogP contribution in [0.4, 0.5) is 10.5 Å². The van der Waals surface area contributed by atoms with E-state index >= 15 is 0 Å². The molecule has 0 fully saturated rings. The fourth-order valence-electron chi connectivity index (χ4n) is 1.88. The largest absolute Gasteiger partial charge is 0.493 e. The zero-order valence-corrected chi connectivity index (χ0v) is 13.3. The van der Waals surface area contributed by atoms with Crippen LogP contribution < -0.4 is 15.4 Å². The maximum atomic E-state index is 12.1.